The molecule has 2 N–H and O–H groups in total. The fraction of sp³-hybridized carbons (Fsp3) is 0.333. The van der Waals surface area contributed by atoms with Crippen molar-refractivity contribution in [3.63, 3.8) is 0 Å². The zero-order chi connectivity index (χ0) is 15.4. The average molecular weight is 327 g/mol. The van der Waals surface area contributed by atoms with Crippen molar-refractivity contribution in [2.24, 2.45) is 11.7 Å². The number of nitrogens with zero attached hydrogens (tertiary/aromatic N) is 1. The van der Waals surface area contributed by atoms with E-state index in [1.54, 1.807) is 29.2 Å². The number of carbonyl (C=O) groups excluding carboxylic acids is 2. The minimum atomic E-state index is -0.346. The van der Waals surface area contributed by atoms with E-state index in [9.17, 15) is 9.59 Å². The first-order chi connectivity index (χ1) is 9.97. The van der Waals surface area contributed by atoms with E-state index in [1.807, 2.05) is 0 Å². The van der Waals surface area contributed by atoms with E-state index in [4.69, 9.17) is 28.9 Å². The number of halogens is 2. The van der Waals surface area contributed by atoms with Crippen molar-refractivity contribution < 1.29 is 9.59 Å². The number of piperidine rings is 1. The van der Waals surface area contributed by atoms with Gasteiger partial charge in [-0.25, -0.2) is 0 Å². The van der Waals surface area contributed by atoms with Crippen LogP contribution in [0.1, 0.15) is 18.4 Å². The van der Waals surface area contributed by atoms with Crippen LogP contribution < -0.4 is 5.73 Å². The van der Waals surface area contributed by atoms with Crippen LogP contribution in [0.5, 0.6) is 0 Å². The molecule has 2 amide bonds. The van der Waals surface area contributed by atoms with Gasteiger partial charge in [0.25, 0.3) is 0 Å². The Morgan fingerprint density at radius 2 is 2.05 bits per heavy atom. The predicted molar refractivity (Wildman–Crippen MR) is 84.0 cm³/mol. The second kappa shape index (κ2) is 6.96. The summed E-state index contributed by atoms with van der Waals surface area (Å²) < 4.78 is 0. The topological polar surface area (TPSA) is 63.4 Å². The smallest absolute Gasteiger partial charge is 0.246 e. The van der Waals surface area contributed by atoms with Crippen molar-refractivity contribution >= 4 is 41.1 Å². The summed E-state index contributed by atoms with van der Waals surface area (Å²) in [4.78, 5) is 25.0. The first-order valence-corrected chi connectivity index (χ1v) is 7.44. The largest absolute Gasteiger partial charge is 0.369 e. The molecular formula is C15H16Cl2N2O2. The maximum atomic E-state index is 12.1. The van der Waals surface area contributed by atoms with Crippen LogP contribution in [0, 0.1) is 5.92 Å². The van der Waals surface area contributed by atoms with E-state index in [1.165, 1.54) is 6.08 Å². The van der Waals surface area contributed by atoms with Gasteiger partial charge in [0, 0.05) is 19.2 Å². The van der Waals surface area contributed by atoms with Gasteiger partial charge in [0.2, 0.25) is 11.8 Å². The normalized spacial score (nSPS) is 19.0. The first-order valence-electron chi connectivity index (χ1n) is 6.68. The van der Waals surface area contributed by atoms with Crippen molar-refractivity contribution in [1.82, 2.24) is 4.90 Å². The molecule has 1 aromatic carbocycles. The average Bonchev–Trinajstić information content (AvgIpc) is 2.48. The monoisotopic (exact) mass is 326 g/mol. The molecular weight excluding hydrogens is 311 g/mol. The molecule has 1 aliphatic rings. The molecule has 112 valence electrons. The number of hydrogen-bond acceptors (Lipinski definition) is 2. The number of primary amides is 1. The summed E-state index contributed by atoms with van der Waals surface area (Å²) in [5, 5.41) is 0.915. The molecule has 1 atom stereocenters. The van der Waals surface area contributed by atoms with Crippen molar-refractivity contribution in [3.8, 4) is 0 Å². The lowest BCUT2D eigenvalue weighted by molar-refractivity contribution is -0.130. The van der Waals surface area contributed by atoms with Crippen LogP contribution in [-0.4, -0.2) is 29.8 Å². The lowest BCUT2D eigenvalue weighted by atomic mass is 9.97. The molecule has 2 rings (SSSR count). The number of hydrogen-bond donors (Lipinski definition) is 1. The summed E-state index contributed by atoms with van der Waals surface area (Å²) in [7, 11) is 0. The Hall–Kier alpha value is -1.52. The summed E-state index contributed by atoms with van der Waals surface area (Å²) in [5.74, 6) is -0.728. The molecule has 1 saturated heterocycles. The van der Waals surface area contributed by atoms with Crippen LogP contribution in [0.2, 0.25) is 10.0 Å². The summed E-state index contributed by atoms with van der Waals surface area (Å²) >= 11 is 11.8. The SMILES string of the molecule is NC(=O)C1CCCN(C(=O)/C=C/c2ccc(Cl)c(Cl)c2)C1. The fourth-order valence-corrected chi connectivity index (χ4v) is 2.61. The molecule has 6 heteroatoms. The third kappa shape index (κ3) is 4.22. The molecule has 0 spiro atoms. The highest BCUT2D eigenvalue weighted by Gasteiger charge is 2.25. The number of amides is 2. The maximum absolute atomic E-state index is 12.1. The third-order valence-corrected chi connectivity index (χ3v) is 4.24. The van der Waals surface area contributed by atoms with E-state index in [-0.39, 0.29) is 17.7 Å². The van der Waals surface area contributed by atoms with Crippen molar-refractivity contribution in [3.05, 3.63) is 39.9 Å². The Morgan fingerprint density at radius 1 is 1.29 bits per heavy atom. The van der Waals surface area contributed by atoms with Gasteiger partial charge in [-0.15, -0.1) is 0 Å². The molecule has 0 radical (unpaired) electrons. The standard InChI is InChI=1S/C15H16Cl2N2O2/c16-12-5-3-10(8-13(12)17)4-6-14(20)19-7-1-2-11(9-19)15(18)21/h3-6,8,11H,1-2,7,9H2,(H2,18,21)/b6-4+. The van der Waals surface area contributed by atoms with Gasteiger partial charge in [0.1, 0.15) is 0 Å². The highest BCUT2D eigenvalue weighted by Crippen LogP contribution is 2.23. The van der Waals surface area contributed by atoms with Crippen LogP contribution in [-0.2, 0) is 9.59 Å². The summed E-state index contributed by atoms with van der Waals surface area (Å²) in [6.07, 6.45) is 4.69. The second-order valence-electron chi connectivity index (χ2n) is 5.03. The Morgan fingerprint density at radius 3 is 2.71 bits per heavy atom. The van der Waals surface area contributed by atoms with E-state index in [0.29, 0.717) is 23.1 Å². The number of benzene rings is 1. The van der Waals surface area contributed by atoms with Crippen LogP contribution >= 0.6 is 23.2 Å². The zero-order valence-corrected chi connectivity index (χ0v) is 12.9. The van der Waals surface area contributed by atoms with Crippen molar-refractivity contribution in [2.75, 3.05) is 13.1 Å². The summed E-state index contributed by atoms with van der Waals surface area (Å²) in [6, 6.07) is 5.15. The predicted octanol–water partition coefficient (Wildman–Crippen LogP) is 2.73. The first kappa shape index (κ1) is 15.9. The van der Waals surface area contributed by atoms with Gasteiger partial charge in [-0.2, -0.15) is 0 Å². The molecule has 4 nitrogen and oxygen atoms in total. The molecule has 1 fully saturated rings. The zero-order valence-electron chi connectivity index (χ0n) is 11.4. The van der Waals surface area contributed by atoms with Gasteiger partial charge in [-0.05, 0) is 36.6 Å². The van der Waals surface area contributed by atoms with Crippen LogP contribution in [0.25, 0.3) is 6.08 Å². The van der Waals surface area contributed by atoms with Gasteiger partial charge in [-0.3, -0.25) is 9.59 Å². The molecule has 1 unspecified atom stereocenters. The summed E-state index contributed by atoms with van der Waals surface area (Å²) in [6.45, 7) is 1.04. The number of rotatable bonds is 3. The fourth-order valence-electron chi connectivity index (χ4n) is 2.30. The molecule has 0 aliphatic carbocycles. The van der Waals surface area contributed by atoms with Crippen molar-refractivity contribution in [1.29, 1.82) is 0 Å². The molecule has 0 bridgehead atoms. The minimum Gasteiger partial charge on any atom is -0.369 e. The molecule has 1 heterocycles. The third-order valence-electron chi connectivity index (χ3n) is 3.50. The maximum Gasteiger partial charge on any atom is 0.246 e. The Labute approximate surface area is 133 Å². The molecule has 1 aliphatic heterocycles. The highest BCUT2D eigenvalue weighted by atomic mass is 35.5. The van der Waals surface area contributed by atoms with Crippen LogP contribution in [0.4, 0.5) is 0 Å². The van der Waals surface area contributed by atoms with E-state index in [0.717, 1.165) is 18.4 Å². The molecule has 1 aromatic rings. The molecule has 0 saturated carbocycles. The van der Waals surface area contributed by atoms with Gasteiger partial charge >= 0.3 is 0 Å². The summed E-state index contributed by atoms with van der Waals surface area (Å²) in [5.41, 5.74) is 6.10. The van der Waals surface area contributed by atoms with Crippen LogP contribution in [0.15, 0.2) is 24.3 Å². The highest BCUT2D eigenvalue weighted by molar-refractivity contribution is 6.42. The van der Waals surface area contributed by atoms with Gasteiger partial charge in [0.15, 0.2) is 0 Å². The molecule has 21 heavy (non-hydrogen) atoms. The lowest BCUT2D eigenvalue weighted by Crippen LogP contribution is -2.43. The number of carbonyl (C=O) groups is 2. The Kier molecular flexibility index (Phi) is 5.26. The Bertz CT molecular complexity index is 587. The van der Waals surface area contributed by atoms with Gasteiger partial charge in [-0.1, -0.05) is 29.3 Å². The van der Waals surface area contributed by atoms with E-state index < -0.39 is 0 Å². The minimum absolute atomic E-state index is 0.132. The van der Waals surface area contributed by atoms with Crippen LogP contribution in [0.3, 0.4) is 0 Å². The van der Waals surface area contributed by atoms with Gasteiger partial charge in [0.05, 0.1) is 16.0 Å². The number of likely N-dealkylation sites (tertiary alicyclic amines) is 1. The second-order valence-corrected chi connectivity index (χ2v) is 5.85. The van der Waals surface area contributed by atoms with Gasteiger partial charge < -0.3 is 10.6 Å². The van der Waals surface area contributed by atoms with E-state index >= 15 is 0 Å². The van der Waals surface area contributed by atoms with Crippen molar-refractivity contribution in [2.45, 2.75) is 12.8 Å². The van der Waals surface area contributed by atoms with E-state index in [2.05, 4.69) is 0 Å². The number of nitrogens with two attached hydrogens (primary N) is 1. The molecule has 0 aromatic heterocycles. The lowest BCUT2D eigenvalue weighted by Gasteiger charge is -2.30. The quantitative estimate of drug-likeness (QED) is 0.868. The Balaban J connectivity index is 2.01.